The lowest BCUT2D eigenvalue weighted by Gasteiger charge is -2.24. The Labute approximate surface area is 130 Å². The summed E-state index contributed by atoms with van der Waals surface area (Å²) in [5.74, 6) is 1.33. The maximum Gasteiger partial charge on any atom is 0.231 e. The number of amides is 2. The average Bonchev–Trinajstić information content (AvgIpc) is 2.92. The zero-order valence-electron chi connectivity index (χ0n) is 13.2. The summed E-state index contributed by atoms with van der Waals surface area (Å²) in [4.78, 5) is 25.0. The molecule has 0 spiro atoms. The first-order valence-corrected chi connectivity index (χ1v) is 7.40. The van der Waals surface area contributed by atoms with Gasteiger partial charge in [-0.25, -0.2) is 0 Å². The highest BCUT2D eigenvalue weighted by Gasteiger charge is 2.15. The van der Waals surface area contributed by atoms with Gasteiger partial charge in [-0.1, -0.05) is 6.07 Å². The van der Waals surface area contributed by atoms with E-state index >= 15 is 0 Å². The third kappa shape index (κ3) is 4.13. The maximum atomic E-state index is 11.9. The molecule has 0 unspecified atom stereocenters. The number of carbonyl (C=O) groups is 2. The second-order valence-corrected chi connectivity index (χ2v) is 5.52. The van der Waals surface area contributed by atoms with Gasteiger partial charge in [0.1, 0.15) is 0 Å². The molecule has 6 heteroatoms. The number of carbonyl (C=O) groups excluding carboxylic acids is 2. The van der Waals surface area contributed by atoms with Crippen LogP contribution in [0.3, 0.4) is 0 Å². The zero-order chi connectivity index (χ0) is 16.1. The highest BCUT2D eigenvalue weighted by molar-refractivity contribution is 5.78. The van der Waals surface area contributed by atoms with Crippen molar-refractivity contribution in [2.75, 3.05) is 13.3 Å². The van der Waals surface area contributed by atoms with Crippen molar-refractivity contribution in [1.82, 2.24) is 10.2 Å². The van der Waals surface area contributed by atoms with Crippen LogP contribution >= 0.6 is 0 Å². The molecule has 2 rings (SSSR count). The van der Waals surface area contributed by atoms with Crippen molar-refractivity contribution >= 4 is 11.8 Å². The van der Waals surface area contributed by atoms with E-state index in [9.17, 15) is 9.59 Å². The van der Waals surface area contributed by atoms with Gasteiger partial charge in [0.05, 0.1) is 0 Å². The number of hydrogen-bond acceptors (Lipinski definition) is 4. The van der Waals surface area contributed by atoms with Gasteiger partial charge in [-0.05, 0) is 31.5 Å². The predicted octanol–water partition coefficient (Wildman–Crippen LogP) is 1.68. The Morgan fingerprint density at radius 1 is 1.27 bits per heavy atom. The number of hydrogen-bond donors (Lipinski definition) is 1. The summed E-state index contributed by atoms with van der Waals surface area (Å²) in [7, 11) is 0. The lowest BCUT2D eigenvalue weighted by atomic mass is 10.2. The molecule has 1 aromatic rings. The van der Waals surface area contributed by atoms with Crippen LogP contribution in [-0.2, 0) is 16.1 Å². The summed E-state index contributed by atoms with van der Waals surface area (Å²) in [6, 6.07) is 5.68. The van der Waals surface area contributed by atoms with Crippen LogP contribution in [0.2, 0.25) is 0 Å². The second-order valence-electron chi connectivity index (χ2n) is 5.52. The van der Waals surface area contributed by atoms with E-state index < -0.39 is 0 Å². The molecule has 0 bridgehead atoms. The van der Waals surface area contributed by atoms with Crippen LogP contribution in [0.4, 0.5) is 0 Å². The Morgan fingerprint density at radius 2 is 2.00 bits per heavy atom. The third-order valence-corrected chi connectivity index (χ3v) is 3.53. The van der Waals surface area contributed by atoms with Crippen LogP contribution in [0, 0.1) is 0 Å². The Bertz CT molecular complexity index is 557. The molecule has 0 atom stereocenters. The molecule has 0 saturated heterocycles. The summed E-state index contributed by atoms with van der Waals surface area (Å²) >= 11 is 0. The van der Waals surface area contributed by atoms with E-state index in [1.54, 1.807) is 4.90 Å². The van der Waals surface area contributed by atoms with Gasteiger partial charge in [0, 0.05) is 32.5 Å². The Morgan fingerprint density at radius 3 is 2.68 bits per heavy atom. The first kappa shape index (κ1) is 16.1. The van der Waals surface area contributed by atoms with Gasteiger partial charge >= 0.3 is 0 Å². The minimum atomic E-state index is -0.0791. The molecule has 1 aliphatic heterocycles. The molecule has 0 radical (unpaired) electrons. The Kier molecular flexibility index (Phi) is 5.25. The van der Waals surface area contributed by atoms with Crippen LogP contribution in [0.5, 0.6) is 11.5 Å². The van der Waals surface area contributed by atoms with Crippen molar-refractivity contribution in [3.63, 3.8) is 0 Å². The Hall–Kier alpha value is -2.24. The van der Waals surface area contributed by atoms with Crippen LogP contribution in [0.1, 0.15) is 32.8 Å². The predicted molar refractivity (Wildman–Crippen MR) is 81.6 cm³/mol. The van der Waals surface area contributed by atoms with E-state index in [-0.39, 0.29) is 24.6 Å². The van der Waals surface area contributed by atoms with Crippen molar-refractivity contribution in [3.8, 4) is 11.5 Å². The molecule has 0 fully saturated rings. The molecular formula is C16H22N2O4. The van der Waals surface area contributed by atoms with Crippen LogP contribution in [0.25, 0.3) is 0 Å². The van der Waals surface area contributed by atoms with Crippen molar-refractivity contribution in [1.29, 1.82) is 0 Å². The van der Waals surface area contributed by atoms with E-state index in [0.717, 1.165) is 11.3 Å². The standard InChI is InChI=1S/C16H22N2O4/c1-11(2)18(12(3)19)7-6-16(20)17-9-13-4-5-14-15(8-13)22-10-21-14/h4-5,8,11H,6-7,9-10H2,1-3H3,(H,17,20). The molecule has 6 nitrogen and oxygen atoms in total. The minimum Gasteiger partial charge on any atom is -0.454 e. The molecule has 22 heavy (non-hydrogen) atoms. The number of nitrogens with one attached hydrogen (secondary N) is 1. The lowest BCUT2D eigenvalue weighted by molar-refractivity contribution is -0.131. The molecule has 1 aliphatic rings. The number of rotatable bonds is 6. The number of fused-ring (bicyclic) bond motifs is 1. The average molecular weight is 306 g/mol. The summed E-state index contributed by atoms with van der Waals surface area (Å²) < 4.78 is 10.5. The van der Waals surface area contributed by atoms with E-state index in [1.807, 2.05) is 32.0 Å². The van der Waals surface area contributed by atoms with Gasteiger partial charge in [-0.3, -0.25) is 9.59 Å². The maximum absolute atomic E-state index is 11.9. The monoisotopic (exact) mass is 306 g/mol. The largest absolute Gasteiger partial charge is 0.454 e. The van der Waals surface area contributed by atoms with Gasteiger partial charge in [-0.2, -0.15) is 0 Å². The molecule has 1 heterocycles. The van der Waals surface area contributed by atoms with Crippen molar-refractivity contribution in [2.24, 2.45) is 0 Å². The van der Waals surface area contributed by atoms with Gasteiger partial charge in [0.25, 0.3) is 0 Å². The number of benzene rings is 1. The van der Waals surface area contributed by atoms with Crippen molar-refractivity contribution in [2.45, 2.75) is 39.8 Å². The smallest absolute Gasteiger partial charge is 0.231 e. The van der Waals surface area contributed by atoms with Crippen LogP contribution in [-0.4, -0.2) is 36.1 Å². The topological polar surface area (TPSA) is 67.9 Å². The van der Waals surface area contributed by atoms with Crippen molar-refractivity contribution < 1.29 is 19.1 Å². The summed E-state index contributed by atoms with van der Waals surface area (Å²) in [6.45, 7) is 6.49. The fourth-order valence-electron chi connectivity index (χ4n) is 2.34. The Balaban J connectivity index is 1.79. The normalized spacial score (nSPS) is 12.4. The van der Waals surface area contributed by atoms with Gasteiger partial charge in [0.15, 0.2) is 11.5 Å². The molecule has 0 saturated carbocycles. The first-order valence-electron chi connectivity index (χ1n) is 7.40. The summed E-state index contributed by atoms with van der Waals surface area (Å²) in [6.07, 6.45) is 0.294. The first-order chi connectivity index (χ1) is 10.5. The van der Waals surface area contributed by atoms with Crippen molar-refractivity contribution in [3.05, 3.63) is 23.8 Å². The molecule has 0 aromatic heterocycles. The van der Waals surface area contributed by atoms with E-state index in [4.69, 9.17) is 9.47 Å². The molecule has 1 aromatic carbocycles. The quantitative estimate of drug-likeness (QED) is 0.868. The van der Waals surface area contributed by atoms with Gasteiger partial charge < -0.3 is 19.7 Å². The van der Waals surface area contributed by atoms with Gasteiger partial charge in [-0.15, -0.1) is 0 Å². The minimum absolute atomic E-state index is 0.0152. The second kappa shape index (κ2) is 7.15. The van der Waals surface area contributed by atoms with Crippen LogP contribution in [0.15, 0.2) is 18.2 Å². The molecule has 1 N–H and O–H groups in total. The molecular weight excluding hydrogens is 284 g/mol. The third-order valence-electron chi connectivity index (χ3n) is 3.53. The summed E-state index contributed by atoms with van der Waals surface area (Å²) in [5, 5.41) is 2.85. The molecule has 120 valence electrons. The number of nitrogens with zero attached hydrogens (tertiary/aromatic N) is 1. The number of ether oxygens (including phenoxy) is 2. The zero-order valence-corrected chi connectivity index (χ0v) is 13.2. The molecule has 2 amide bonds. The highest BCUT2D eigenvalue weighted by atomic mass is 16.7. The van der Waals surface area contributed by atoms with Crippen LogP contribution < -0.4 is 14.8 Å². The lowest BCUT2D eigenvalue weighted by Crippen LogP contribution is -2.38. The fraction of sp³-hybridized carbons (Fsp3) is 0.500. The SMILES string of the molecule is CC(=O)N(CCC(=O)NCc1ccc2c(c1)OCO2)C(C)C. The molecule has 0 aliphatic carbocycles. The van der Waals surface area contributed by atoms with E-state index in [0.29, 0.717) is 25.3 Å². The van der Waals surface area contributed by atoms with Gasteiger partial charge in [0.2, 0.25) is 18.6 Å². The van der Waals surface area contributed by atoms with E-state index in [1.165, 1.54) is 6.92 Å². The fourth-order valence-corrected chi connectivity index (χ4v) is 2.34. The summed E-state index contributed by atoms with van der Waals surface area (Å²) in [5.41, 5.74) is 0.949. The van der Waals surface area contributed by atoms with E-state index in [2.05, 4.69) is 5.32 Å². The highest BCUT2D eigenvalue weighted by Crippen LogP contribution is 2.32.